The third-order valence-electron chi connectivity index (χ3n) is 3.37. The average Bonchev–Trinajstić information content (AvgIpc) is 2.44. The average molecular weight is 240 g/mol. The fourth-order valence-electron chi connectivity index (χ4n) is 2.13. The SMILES string of the molecule is C=C(CC)CC(NN)c1ccc2ccccc2c1. The van der Waals surface area contributed by atoms with Gasteiger partial charge in [-0.2, -0.15) is 0 Å². The molecule has 0 fully saturated rings. The van der Waals surface area contributed by atoms with Crippen molar-refractivity contribution >= 4 is 10.8 Å². The quantitative estimate of drug-likeness (QED) is 0.475. The van der Waals surface area contributed by atoms with Gasteiger partial charge in [-0.25, -0.2) is 0 Å². The number of benzene rings is 2. The summed E-state index contributed by atoms with van der Waals surface area (Å²) >= 11 is 0. The van der Waals surface area contributed by atoms with E-state index in [1.165, 1.54) is 21.9 Å². The van der Waals surface area contributed by atoms with Crippen molar-refractivity contribution in [1.82, 2.24) is 5.43 Å². The maximum atomic E-state index is 5.66. The smallest absolute Gasteiger partial charge is 0.0497 e. The lowest BCUT2D eigenvalue weighted by Gasteiger charge is -2.17. The lowest BCUT2D eigenvalue weighted by atomic mass is 9.97. The molecule has 0 aliphatic rings. The summed E-state index contributed by atoms with van der Waals surface area (Å²) in [5, 5.41) is 2.50. The van der Waals surface area contributed by atoms with Crippen molar-refractivity contribution in [3.05, 3.63) is 60.2 Å². The molecule has 0 aromatic heterocycles. The van der Waals surface area contributed by atoms with Crippen LogP contribution in [0.3, 0.4) is 0 Å². The molecule has 2 aromatic rings. The van der Waals surface area contributed by atoms with Crippen LogP contribution < -0.4 is 11.3 Å². The van der Waals surface area contributed by atoms with Crippen LogP contribution >= 0.6 is 0 Å². The highest BCUT2D eigenvalue weighted by Crippen LogP contribution is 2.24. The molecule has 2 heteroatoms. The van der Waals surface area contributed by atoms with Gasteiger partial charge in [0.15, 0.2) is 0 Å². The van der Waals surface area contributed by atoms with E-state index in [9.17, 15) is 0 Å². The van der Waals surface area contributed by atoms with Crippen LogP contribution in [0.4, 0.5) is 0 Å². The fourth-order valence-corrected chi connectivity index (χ4v) is 2.13. The normalized spacial score (nSPS) is 12.6. The number of hydrogen-bond donors (Lipinski definition) is 2. The van der Waals surface area contributed by atoms with E-state index in [2.05, 4.69) is 61.4 Å². The third kappa shape index (κ3) is 2.78. The molecule has 2 nitrogen and oxygen atoms in total. The van der Waals surface area contributed by atoms with Crippen LogP contribution in [0.2, 0.25) is 0 Å². The van der Waals surface area contributed by atoms with E-state index in [1.54, 1.807) is 0 Å². The van der Waals surface area contributed by atoms with Crippen LogP contribution in [0.25, 0.3) is 10.8 Å². The zero-order chi connectivity index (χ0) is 13.0. The van der Waals surface area contributed by atoms with E-state index in [4.69, 9.17) is 5.84 Å². The number of hydrazine groups is 1. The molecule has 1 unspecified atom stereocenters. The summed E-state index contributed by atoms with van der Waals surface area (Å²) in [6.07, 6.45) is 1.87. The first kappa shape index (κ1) is 12.8. The molecule has 0 amide bonds. The highest BCUT2D eigenvalue weighted by molar-refractivity contribution is 5.83. The first-order valence-electron chi connectivity index (χ1n) is 6.36. The Morgan fingerprint density at radius 1 is 1.22 bits per heavy atom. The van der Waals surface area contributed by atoms with Gasteiger partial charge in [0.1, 0.15) is 0 Å². The van der Waals surface area contributed by atoms with E-state index >= 15 is 0 Å². The molecule has 94 valence electrons. The van der Waals surface area contributed by atoms with Gasteiger partial charge < -0.3 is 0 Å². The Hall–Kier alpha value is -1.64. The van der Waals surface area contributed by atoms with Gasteiger partial charge in [0.25, 0.3) is 0 Å². The van der Waals surface area contributed by atoms with Gasteiger partial charge in [0.2, 0.25) is 0 Å². The Morgan fingerprint density at radius 2 is 1.94 bits per heavy atom. The van der Waals surface area contributed by atoms with E-state index in [0.29, 0.717) is 0 Å². The first-order chi connectivity index (χ1) is 8.74. The fraction of sp³-hybridized carbons (Fsp3) is 0.250. The maximum absolute atomic E-state index is 5.66. The molecule has 2 aromatic carbocycles. The van der Waals surface area contributed by atoms with Crippen LogP contribution in [0, 0.1) is 0 Å². The summed E-state index contributed by atoms with van der Waals surface area (Å²) in [6, 6.07) is 15.0. The molecule has 0 bridgehead atoms. The van der Waals surface area contributed by atoms with Crippen molar-refractivity contribution in [2.24, 2.45) is 5.84 Å². The van der Waals surface area contributed by atoms with Gasteiger partial charge in [0.05, 0.1) is 0 Å². The topological polar surface area (TPSA) is 38.0 Å². The molecule has 0 spiro atoms. The zero-order valence-electron chi connectivity index (χ0n) is 10.8. The Kier molecular flexibility index (Phi) is 4.13. The van der Waals surface area contributed by atoms with E-state index in [-0.39, 0.29) is 6.04 Å². The van der Waals surface area contributed by atoms with Gasteiger partial charge in [-0.05, 0) is 35.2 Å². The van der Waals surface area contributed by atoms with Crippen LogP contribution in [-0.4, -0.2) is 0 Å². The van der Waals surface area contributed by atoms with Crippen molar-refractivity contribution in [2.45, 2.75) is 25.8 Å². The molecule has 0 aliphatic carbocycles. The standard InChI is InChI=1S/C16H20N2/c1-3-12(2)10-16(18-17)15-9-8-13-6-4-5-7-14(13)11-15/h4-9,11,16,18H,2-3,10,17H2,1H3. The molecule has 0 saturated carbocycles. The van der Waals surface area contributed by atoms with E-state index < -0.39 is 0 Å². The predicted molar refractivity (Wildman–Crippen MR) is 78.1 cm³/mol. The Bertz CT molecular complexity index is 546. The second-order valence-corrected chi connectivity index (χ2v) is 4.63. The summed E-state index contributed by atoms with van der Waals surface area (Å²) in [5.74, 6) is 5.66. The molecule has 0 heterocycles. The zero-order valence-corrected chi connectivity index (χ0v) is 10.8. The van der Waals surface area contributed by atoms with Crippen molar-refractivity contribution in [1.29, 1.82) is 0 Å². The van der Waals surface area contributed by atoms with E-state index in [1.807, 2.05) is 0 Å². The summed E-state index contributed by atoms with van der Waals surface area (Å²) in [5.41, 5.74) is 5.32. The van der Waals surface area contributed by atoms with Crippen molar-refractivity contribution in [3.8, 4) is 0 Å². The molecule has 3 N–H and O–H groups in total. The number of nitrogens with two attached hydrogens (primary N) is 1. The van der Waals surface area contributed by atoms with Crippen LogP contribution in [0.1, 0.15) is 31.4 Å². The third-order valence-corrected chi connectivity index (χ3v) is 3.37. The lowest BCUT2D eigenvalue weighted by molar-refractivity contribution is 0.545. The summed E-state index contributed by atoms with van der Waals surface area (Å²) in [4.78, 5) is 0. The second-order valence-electron chi connectivity index (χ2n) is 4.63. The number of nitrogens with one attached hydrogen (secondary N) is 1. The van der Waals surface area contributed by atoms with Crippen LogP contribution in [0.15, 0.2) is 54.6 Å². The van der Waals surface area contributed by atoms with Crippen molar-refractivity contribution < 1.29 is 0 Å². The van der Waals surface area contributed by atoms with Gasteiger partial charge in [-0.15, -0.1) is 0 Å². The largest absolute Gasteiger partial charge is 0.271 e. The van der Waals surface area contributed by atoms with Crippen LogP contribution in [-0.2, 0) is 0 Å². The molecule has 0 radical (unpaired) electrons. The Labute approximate surface area is 108 Å². The predicted octanol–water partition coefficient (Wildman–Crippen LogP) is 3.70. The molecular weight excluding hydrogens is 220 g/mol. The van der Waals surface area contributed by atoms with Gasteiger partial charge >= 0.3 is 0 Å². The van der Waals surface area contributed by atoms with Crippen molar-refractivity contribution in [3.63, 3.8) is 0 Å². The minimum Gasteiger partial charge on any atom is -0.271 e. The molecule has 0 saturated heterocycles. The van der Waals surface area contributed by atoms with Gasteiger partial charge in [-0.1, -0.05) is 55.5 Å². The first-order valence-corrected chi connectivity index (χ1v) is 6.36. The van der Waals surface area contributed by atoms with E-state index in [0.717, 1.165) is 12.8 Å². The van der Waals surface area contributed by atoms with Crippen molar-refractivity contribution in [2.75, 3.05) is 0 Å². The highest BCUT2D eigenvalue weighted by atomic mass is 15.2. The second kappa shape index (κ2) is 5.80. The Balaban J connectivity index is 2.30. The molecule has 2 rings (SSSR count). The molecule has 18 heavy (non-hydrogen) atoms. The summed E-state index contributed by atoms with van der Waals surface area (Å²) < 4.78 is 0. The molecular formula is C16H20N2. The number of rotatable bonds is 5. The maximum Gasteiger partial charge on any atom is 0.0497 e. The monoisotopic (exact) mass is 240 g/mol. The molecule has 0 aliphatic heterocycles. The Morgan fingerprint density at radius 3 is 2.61 bits per heavy atom. The number of fused-ring (bicyclic) bond motifs is 1. The van der Waals surface area contributed by atoms with Gasteiger partial charge in [0, 0.05) is 6.04 Å². The summed E-state index contributed by atoms with van der Waals surface area (Å²) in [7, 11) is 0. The highest BCUT2D eigenvalue weighted by Gasteiger charge is 2.10. The lowest BCUT2D eigenvalue weighted by Crippen LogP contribution is -2.28. The minimum absolute atomic E-state index is 0.141. The minimum atomic E-state index is 0.141. The number of hydrogen-bond acceptors (Lipinski definition) is 2. The molecule has 1 atom stereocenters. The summed E-state index contributed by atoms with van der Waals surface area (Å²) in [6.45, 7) is 6.17. The van der Waals surface area contributed by atoms with Gasteiger partial charge in [-0.3, -0.25) is 11.3 Å². The van der Waals surface area contributed by atoms with Crippen LogP contribution in [0.5, 0.6) is 0 Å².